The number of aromatic nitrogens is 1. The van der Waals surface area contributed by atoms with Gasteiger partial charge in [0.15, 0.2) is 16.6 Å². The quantitative estimate of drug-likeness (QED) is 0.521. The van der Waals surface area contributed by atoms with Crippen molar-refractivity contribution in [1.29, 1.82) is 0 Å². The summed E-state index contributed by atoms with van der Waals surface area (Å²) in [5.74, 6) is 0.922. The number of ether oxygens (including phenoxy) is 2. The van der Waals surface area contributed by atoms with Crippen LogP contribution in [-0.2, 0) is 14.8 Å². The van der Waals surface area contributed by atoms with Gasteiger partial charge in [-0.05, 0) is 35.7 Å². The Kier molecular flexibility index (Phi) is 6.85. The fourth-order valence-corrected chi connectivity index (χ4v) is 5.82. The molecular formula is C23H25N3O5S2. The smallest absolute Gasteiger partial charge is 0.266 e. The molecule has 3 aromatic rings. The standard InChI is InChI=1S/C23H25N3O5S2/c1-16(2)22(17-8-9-19-20(14-17)31-12-11-30-19)25-21(27)15-26(23-24-10-13-32-23)33(28,29)18-6-4-3-5-7-18/h3-10,13-14,16,22H,11-12,15H2,1-2H3,(H,25,27)/t22-/m1/s1. The number of nitrogens with one attached hydrogen (secondary N) is 1. The third-order valence-electron chi connectivity index (χ3n) is 5.16. The molecular weight excluding hydrogens is 462 g/mol. The molecule has 0 spiro atoms. The minimum Gasteiger partial charge on any atom is -0.486 e. The average molecular weight is 488 g/mol. The van der Waals surface area contributed by atoms with Gasteiger partial charge in [-0.25, -0.2) is 17.7 Å². The number of sulfonamides is 1. The molecule has 8 nitrogen and oxygen atoms in total. The Morgan fingerprint density at radius 1 is 1.12 bits per heavy atom. The molecule has 1 aromatic heterocycles. The number of benzene rings is 2. The zero-order valence-electron chi connectivity index (χ0n) is 18.3. The van der Waals surface area contributed by atoms with Crippen molar-refractivity contribution in [2.24, 2.45) is 5.92 Å². The van der Waals surface area contributed by atoms with Crippen LogP contribution in [0.2, 0.25) is 0 Å². The van der Waals surface area contributed by atoms with Crippen LogP contribution in [0.4, 0.5) is 5.13 Å². The van der Waals surface area contributed by atoms with E-state index in [1.807, 2.05) is 32.0 Å². The third-order valence-corrected chi connectivity index (χ3v) is 7.82. The molecule has 0 saturated heterocycles. The first-order chi connectivity index (χ1) is 15.9. The van der Waals surface area contributed by atoms with Crippen molar-refractivity contribution < 1.29 is 22.7 Å². The van der Waals surface area contributed by atoms with Gasteiger partial charge >= 0.3 is 0 Å². The fraction of sp³-hybridized carbons (Fsp3) is 0.304. The van der Waals surface area contributed by atoms with Crippen LogP contribution in [0.25, 0.3) is 0 Å². The second kappa shape index (κ2) is 9.80. The molecule has 1 atom stereocenters. The molecule has 1 N–H and O–H groups in total. The van der Waals surface area contributed by atoms with Gasteiger partial charge in [0.25, 0.3) is 10.0 Å². The first-order valence-electron chi connectivity index (χ1n) is 10.5. The zero-order chi connectivity index (χ0) is 23.4. The predicted molar refractivity (Wildman–Crippen MR) is 126 cm³/mol. The van der Waals surface area contributed by atoms with Crippen molar-refractivity contribution in [2.75, 3.05) is 24.1 Å². The summed E-state index contributed by atoms with van der Waals surface area (Å²) in [6.07, 6.45) is 1.51. The molecule has 1 aliphatic heterocycles. The number of carbonyl (C=O) groups is 1. The van der Waals surface area contributed by atoms with Crippen molar-refractivity contribution in [3.8, 4) is 11.5 Å². The molecule has 1 aliphatic rings. The molecule has 0 fully saturated rings. The summed E-state index contributed by atoms with van der Waals surface area (Å²) in [7, 11) is -3.97. The zero-order valence-corrected chi connectivity index (χ0v) is 19.9. The van der Waals surface area contributed by atoms with Crippen molar-refractivity contribution in [2.45, 2.75) is 24.8 Å². The SMILES string of the molecule is CC(C)[C@@H](NC(=O)CN(c1nccs1)S(=O)(=O)c1ccccc1)c1ccc2c(c1)OCCO2. The summed E-state index contributed by atoms with van der Waals surface area (Å²) in [6, 6.07) is 13.3. The lowest BCUT2D eigenvalue weighted by Gasteiger charge is -2.27. The van der Waals surface area contributed by atoms with Gasteiger partial charge in [-0.3, -0.25) is 4.79 Å². The van der Waals surface area contributed by atoms with Gasteiger partial charge < -0.3 is 14.8 Å². The Balaban J connectivity index is 1.57. The van der Waals surface area contributed by atoms with Crippen LogP contribution in [0.5, 0.6) is 11.5 Å². The maximum absolute atomic E-state index is 13.3. The van der Waals surface area contributed by atoms with E-state index in [2.05, 4.69) is 10.3 Å². The lowest BCUT2D eigenvalue weighted by atomic mass is 9.95. The fourth-order valence-electron chi connectivity index (χ4n) is 3.55. The maximum atomic E-state index is 13.3. The maximum Gasteiger partial charge on any atom is 0.266 e. The first kappa shape index (κ1) is 23.1. The monoisotopic (exact) mass is 487 g/mol. The van der Waals surface area contributed by atoms with Crippen molar-refractivity contribution in [1.82, 2.24) is 10.3 Å². The number of anilines is 1. The highest BCUT2D eigenvalue weighted by Gasteiger charge is 2.30. The third kappa shape index (κ3) is 5.12. The summed E-state index contributed by atoms with van der Waals surface area (Å²) < 4.78 is 38.9. The van der Waals surface area contributed by atoms with E-state index in [1.165, 1.54) is 18.3 Å². The number of hydrogen-bond donors (Lipinski definition) is 1. The number of carbonyl (C=O) groups excluding carboxylic acids is 1. The molecule has 0 radical (unpaired) electrons. The molecule has 33 heavy (non-hydrogen) atoms. The van der Waals surface area contributed by atoms with Crippen LogP contribution in [0.3, 0.4) is 0 Å². The van der Waals surface area contributed by atoms with Crippen LogP contribution in [-0.4, -0.2) is 39.1 Å². The van der Waals surface area contributed by atoms with Crippen molar-refractivity contribution >= 4 is 32.4 Å². The van der Waals surface area contributed by atoms with E-state index in [0.29, 0.717) is 24.7 Å². The largest absolute Gasteiger partial charge is 0.486 e. The van der Waals surface area contributed by atoms with Gasteiger partial charge in [0, 0.05) is 11.6 Å². The Hall–Kier alpha value is -3.11. The number of thiazole rings is 1. The van der Waals surface area contributed by atoms with Crippen LogP contribution >= 0.6 is 11.3 Å². The minimum absolute atomic E-state index is 0.0514. The molecule has 0 aliphatic carbocycles. The van der Waals surface area contributed by atoms with Gasteiger partial charge in [-0.2, -0.15) is 0 Å². The molecule has 0 unspecified atom stereocenters. The number of rotatable bonds is 8. The second-order valence-corrected chi connectivity index (χ2v) is 10.6. The summed E-state index contributed by atoms with van der Waals surface area (Å²) >= 11 is 1.16. The Labute approximate surface area is 197 Å². The molecule has 4 rings (SSSR count). The lowest BCUT2D eigenvalue weighted by Crippen LogP contribution is -2.43. The molecule has 174 valence electrons. The minimum atomic E-state index is -3.97. The van der Waals surface area contributed by atoms with Crippen molar-refractivity contribution in [3.05, 3.63) is 65.7 Å². The topological polar surface area (TPSA) is 97.8 Å². The van der Waals surface area contributed by atoms with E-state index >= 15 is 0 Å². The van der Waals surface area contributed by atoms with Crippen molar-refractivity contribution in [3.63, 3.8) is 0 Å². The van der Waals surface area contributed by atoms with Gasteiger partial charge in [-0.15, -0.1) is 11.3 Å². The molecule has 0 saturated carbocycles. The average Bonchev–Trinajstić information content (AvgIpc) is 3.35. The predicted octanol–water partition coefficient (Wildman–Crippen LogP) is 3.62. The molecule has 1 amide bonds. The normalized spacial score (nSPS) is 14.0. The van der Waals surface area contributed by atoms with Crippen LogP contribution in [0.15, 0.2) is 65.0 Å². The highest BCUT2D eigenvalue weighted by molar-refractivity contribution is 7.93. The summed E-state index contributed by atoms with van der Waals surface area (Å²) in [5, 5.41) is 4.90. The highest BCUT2D eigenvalue weighted by Crippen LogP contribution is 2.34. The number of nitrogens with zero attached hydrogens (tertiary/aromatic N) is 2. The second-order valence-electron chi connectivity index (χ2n) is 7.83. The first-order valence-corrected chi connectivity index (χ1v) is 12.8. The number of fused-ring (bicyclic) bond motifs is 1. The lowest BCUT2D eigenvalue weighted by molar-refractivity contribution is -0.120. The Morgan fingerprint density at radius 2 is 1.85 bits per heavy atom. The van der Waals surface area contributed by atoms with E-state index in [9.17, 15) is 13.2 Å². The van der Waals surface area contributed by atoms with Gasteiger partial charge in [0.2, 0.25) is 5.91 Å². The molecule has 2 heterocycles. The van der Waals surface area contributed by atoms with E-state index in [1.54, 1.807) is 23.6 Å². The van der Waals surface area contributed by atoms with Gasteiger partial charge in [0.1, 0.15) is 19.8 Å². The van der Waals surface area contributed by atoms with E-state index in [4.69, 9.17) is 9.47 Å². The van der Waals surface area contributed by atoms with Gasteiger partial charge in [-0.1, -0.05) is 38.1 Å². The molecule has 10 heteroatoms. The van der Waals surface area contributed by atoms with E-state index in [-0.39, 0.29) is 22.0 Å². The highest BCUT2D eigenvalue weighted by atomic mass is 32.2. The molecule has 2 aromatic carbocycles. The van der Waals surface area contributed by atoms with Gasteiger partial charge in [0.05, 0.1) is 10.9 Å². The number of amides is 1. The van der Waals surface area contributed by atoms with E-state index in [0.717, 1.165) is 21.2 Å². The van der Waals surface area contributed by atoms with Crippen LogP contribution in [0.1, 0.15) is 25.5 Å². The van der Waals surface area contributed by atoms with Crippen LogP contribution < -0.4 is 19.1 Å². The van der Waals surface area contributed by atoms with E-state index < -0.39 is 22.5 Å². The summed E-state index contributed by atoms with van der Waals surface area (Å²) in [4.78, 5) is 17.3. The molecule has 0 bridgehead atoms. The summed E-state index contributed by atoms with van der Waals surface area (Å²) in [6.45, 7) is 4.55. The Morgan fingerprint density at radius 3 is 2.52 bits per heavy atom. The number of hydrogen-bond acceptors (Lipinski definition) is 7. The Bertz CT molecular complexity index is 1200. The van der Waals surface area contributed by atoms with Crippen LogP contribution in [0, 0.1) is 5.92 Å². The summed E-state index contributed by atoms with van der Waals surface area (Å²) in [5.41, 5.74) is 0.856.